The van der Waals surface area contributed by atoms with Crippen molar-refractivity contribution in [2.24, 2.45) is 5.92 Å². The van der Waals surface area contributed by atoms with Crippen LogP contribution in [0.2, 0.25) is 0 Å². The van der Waals surface area contributed by atoms with Gasteiger partial charge in [-0.05, 0) is 68.9 Å². The van der Waals surface area contributed by atoms with E-state index in [1.807, 2.05) is 0 Å². The van der Waals surface area contributed by atoms with Gasteiger partial charge in [0.25, 0.3) is 6.01 Å². The lowest BCUT2D eigenvalue weighted by Gasteiger charge is -2.33. The molecule has 0 atom stereocenters. The second kappa shape index (κ2) is 11.3. The van der Waals surface area contributed by atoms with Crippen LogP contribution in [0.25, 0.3) is 0 Å². The lowest BCUT2D eigenvalue weighted by atomic mass is 9.90. The third-order valence-corrected chi connectivity index (χ3v) is 7.82. The van der Waals surface area contributed by atoms with Crippen molar-refractivity contribution in [1.82, 2.24) is 15.3 Å². The van der Waals surface area contributed by atoms with Crippen LogP contribution in [-0.4, -0.2) is 53.9 Å². The zero-order chi connectivity index (χ0) is 26.7. The summed E-state index contributed by atoms with van der Waals surface area (Å²) in [6.07, 6.45) is 4.88. The Morgan fingerprint density at radius 3 is 2.32 bits per heavy atom. The van der Waals surface area contributed by atoms with Crippen LogP contribution < -0.4 is 15.1 Å². The predicted octanol–water partition coefficient (Wildman–Crippen LogP) is 4.78. The van der Waals surface area contributed by atoms with Crippen LogP contribution >= 0.6 is 0 Å². The van der Waals surface area contributed by atoms with Gasteiger partial charge in [-0.15, -0.1) is 0 Å². The monoisotopic (exact) mass is 533 g/mol. The maximum absolute atomic E-state index is 13.6. The number of nitrogens with one attached hydrogen (secondary N) is 1. The Morgan fingerprint density at radius 1 is 0.974 bits per heavy atom. The fourth-order valence-corrected chi connectivity index (χ4v) is 5.35. The number of carbonyl (C=O) groups is 2. The van der Waals surface area contributed by atoms with Gasteiger partial charge in [-0.3, -0.25) is 9.59 Å². The first-order chi connectivity index (χ1) is 18.3. The minimum absolute atomic E-state index is 0.141. The average molecular weight is 534 g/mol. The van der Waals surface area contributed by atoms with Gasteiger partial charge in [0.05, 0.1) is 0 Å². The first-order valence-corrected chi connectivity index (χ1v) is 13.6. The number of amides is 1. The zero-order valence-electron chi connectivity index (χ0n) is 21.4. The normalized spacial score (nSPS) is 19.3. The molecule has 0 aromatic carbocycles. The molecule has 4 heterocycles. The number of alkyl halides is 3. The highest BCUT2D eigenvalue weighted by atomic mass is 19.4. The highest BCUT2D eigenvalue weighted by Crippen LogP contribution is 2.35. The summed E-state index contributed by atoms with van der Waals surface area (Å²) in [6, 6.07) is 3.72. The quantitative estimate of drug-likeness (QED) is 0.489. The molecule has 0 spiro atoms. The Morgan fingerprint density at radius 2 is 1.71 bits per heavy atom. The van der Waals surface area contributed by atoms with Crippen LogP contribution in [0.5, 0.6) is 0 Å². The molecule has 8 nitrogen and oxygen atoms in total. The number of hydrogen-bond acceptors (Lipinski definition) is 7. The number of rotatable bonds is 8. The number of pyridine rings is 1. The lowest BCUT2D eigenvalue weighted by Crippen LogP contribution is -2.41. The number of aromatic nitrogens is 2. The summed E-state index contributed by atoms with van der Waals surface area (Å²) < 4.78 is 46.3. The van der Waals surface area contributed by atoms with Gasteiger partial charge in [0.2, 0.25) is 17.5 Å². The summed E-state index contributed by atoms with van der Waals surface area (Å²) in [5, 5.41) is 3.10. The number of piperidine rings is 2. The summed E-state index contributed by atoms with van der Waals surface area (Å²) in [7, 11) is 0. The molecule has 2 aromatic heterocycles. The first kappa shape index (κ1) is 26.5. The van der Waals surface area contributed by atoms with Crippen molar-refractivity contribution < 1.29 is 27.2 Å². The van der Waals surface area contributed by atoms with E-state index in [0.717, 1.165) is 63.9 Å². The number of hydrogen-bond donors (Lipinski definition) is 1. The molecule has 3 aliphatic rings. The Labute approximate surface area is 220 Å². The van der Waals surface area contributed by atoms with Gasteiger partial charge in [-0.25, -0.2) is 4.98 Å². The predicted molar refractivity (Wildman–Crippen MR) is 135 cm³/mol. The number of halogens is 3. The number of carbonyl (C=O) groups excluding carboxylic acids is 2. The highest BCUT2D eigenvalue weighted by Gasteiger charge is 2.41. The Hall–Kier alpha value is -3.11. The van der Waals surface area contributed by atoms with Gasteiger partial charge in [-0.2, -0.15) is 18.2 Å². The molecule has 0 bridgehead atoms. The SMILES string of the molecule is O=C(CC1CCN(c2ccc(CC(=O)c3oc(N4CCCCC4)nc3C(F)(F)F)cn2)CC1)NC1CCC1. The van der Waals surface area contributed by atoms with Crippen molar-refractivity contribution in [2.75, 3.05) is 36.0 Å². The third kappa shape index (κ3) is 6.30. The van der Waals surface area contributed by atoms with Crippen LogP contribution in [0, 0.1) is 5.92 Å². The summed E-state index contributed by atoms with van der Waals surface area (Å²) in [6.45, 7) is 2.67. The van der Waals surface area contributed by atoms with E-state index in [0.29, 0.717) is 37.0 Å². The molecule has 2 aliphatic heterocycles. The Balaban J connectivity index is 1.17. The second-order valence-electron chi connectivity index (χ2n) is 10.7. The van der Waals surface area contributed by atoms with Crippen molar-refractivity contribution >= 4 is 23.5 Å². The zero-order valence-corrected chi connectivity index (χ0v) is 21.4. The molecule has 5 rings (SSSR count). The van der Waals surface area contributed by atoms with Gasteiger partial charge < -0.3 is 19.5 Å². The van der Waals surface area contributed by atoms with Crippen molar-refractivity contribution in [3.63, 3.8) is 0 Å². The minimum atomic E-state index is -4.78. The number of oxazole rings is 1. The number of nitrogens with zero attached hydrogens (tertiary/aromatic N) is 4. The molecule has 0 unspecified atom stereocenters. The van der Waals surface area contributed by atoms with Crippen LogP contribution in [0.4, 0.5) is 25.0 Å². The molecule has 3 fully saturated rings. The second-order valence-corrected chi connectivity index (χ2v) is 10.7. The molecule has 11 heteroatoms. The van der Waals surface area contributed by atoms with E-state index in [-0.39, 0.29) is 18.3 Å². The smallest absolute Gasteiger partial charge is 0.420 e. The van der Waals surface area contributed by atoms with Crippen molar-refractivity contribution in [1.29, 1.82) is 0 Å². The molecular weight excluding hydrogens is 499 g/mol. The van der Waals surface area contributed by atoms with Crippen LogP contribution in [0.1, 0.15) is 79.6 Å². The summed E-state index contributed by atoms with van der Waals surface area (Å²) in [5.74, 6) is -0.276. The summed E-state index contributed by atoms with van der Waals surface area (Å²) in [5.41, 5.74) is -0.762. The van der Waals surface area contributed by atoms with E-state index in [1.165, 1.54) is 12.6 Å². The summed E-state index contributed by atoms with van der Waals surface area (Å²) >= 11 is 0. The first-order valence-electron chi connectivity index (χ1n) is 13.6. The molecule has 206 valence electrons. The van der Waals surface area contributed by atoms with Gasteiger partial charge >= 0.3 is 6.18 Å². The van der Waals surface area contributed by atoms with E-state index < -0.39 is 23.4 Å². The topological polar surface area (TPSA) is 91.6 Å². The molecule has 2 aromatic rings. The number of ketones is 1. The van der Waals surface area contributed by atoms with Gasteiger partial charge in [-0.1, -0.05) is 6.07 Å². The number of anilines is 2. The molecule has 1 aliphatic carbocycles. The molecule has 38 heavy (non-hydrogen) atoms. The van der Waals surface area contributed by atoms with Crippen molar-refractivity contribution in [2.45, 2.75) is 76.4 Å². The summed E-state index contributed by atoms with van der Waals surface area (Å²) in [4.78, 5) is 37.0. The molecule has 1 amide bonds. The van der Waals surface area contributed by atoms with E-state index in [9.17, 15) is 22.8 Å². The standard InChI is InChI=1S/C27H34F3N5O3/c28-27(29,30)25-24(38-26(33-25)35-11-2-1-3-12-35)21(36)15-19-7-8-22(31-17-19)34-13-9-18(10-14-34)16-23(37)32-20-5-4-6-20/h7-8,17-18,20H,1-6,9-16H2,(H,32,37). The van der Waals surface area contributed by atoms with Gasteiger partial charge in [0.15, 0.2) is 5.69 Å². The van der Waals surface area contributed by atoms with E-state index in [4.69, 9.17) is 4.42 Å². The van der Waals surface area contributed by atoms with Gasteiger partial charge in [0, 0.05) is 51.3 Å². The van der Waals surface area contributed by atoms with Crippen molar-refractivity contribution in [3.05, 3.63) is 35.3 Å². The molecule has 1 N–H and O–H groups in total. The van der Waals surface area contributed by atoms with E-state index in [2.05, 4.69) is 20.2 Å². The molecular formula is C27H34F3N5O3. The van der Waals surface area contributed by atoms with Crippen LogP contribution in [0.15, 0.2) is 22.7 Å². The minimum Gasteiger partial charge on any atom is -0.420 e. The Kier molecular flexibility index (Phi) is 7.90. The fraction of sp³-hybridized carbons (Fsp3) is 0.630. The molecule has 1 saturated carbocycles. The number of Topliss-reactive ketones (excluding diaryl/α,β-unsaturated/α-hetero) is 1. The van der Waals surface area contributed by atoms with Gasteiger partial charge in [0.1, 0.15) is 5.82 Å². The maximum atomic E-state index is 13.6. The van der Waals surface area contributed by atoms with Crippen LogP contribution in [0.3, 0.4) is 0 Å². The van der Waals surface area contributed by atoms with Crippen LogP contribution in [-0.2, 0) is 17.4 Å². The lowest BCUT2D eigenvalue weighted by molar-refractivity contribution is -0.141. The van der Waals surface area contributed by atoms with E-state index >= 15 is 0 Å². The average Bonchev–Trinajstić information content (AvgIpc) is 3.35. The largest absolute Gasteiger partial charge is 0.437 e. The van der Waals surface area contributed by atoms with Crippen molar-refractivity contribution in [3.8, 4) is 0 Å². The van der Waals surface area contributed by atoms with E-state index in [1.54, 1.807) is 17.0 Å². The maximum Gasteiger partial charge on any atom is 0.437 e. The highest BCUT2D eigenvalue weighted by molar-refractivity contribution is 5.96. The Bertz CT molecular complexity index is 1120. The molecule has 0 radical (unpaired) electrons. The third-order valence-electron chi connectivity index (χ3n) is 7.82. The fourth-order valence-electron chi connectivity index (χ4n) is 5.35. The molecule has 2 saturated heterocycles.